The zero-order chi connectivity index (χ0) is 20.8. The summed E-state index contributed by atoms with van der Waals surface area (Å²) in [6.07, 6.45) is 0.884. The van der Waals surface area contributed by atoms with E-state index in [0.29, 0.717) is 16.0 Å². The Balaban J connectivity index is 1.96. The second-order valence-corrected chi connectivity index (χ2v) is 7.83. The summed E-state index contributed by atoms with van der Waals surface area (Å²) in [6.45, 7) is 4.02. The fraction of sp³-hybridized carbons (Fsp3) is 0.286. The van der Waals surface area contributed by atoms with Gasteiger partial charge in [-0.15, -0.1) is 10.2 Å². The van der Waals surface area contributed by atoms with Crippen LogP contribution < -0.4 is 10.1 Å². The quantitative estimate of drug-likeness (QED) is 0.529. The predicted octanol–water partition coefficient (Wildman–Crippen LogP) is 4.60. The van der Waals surface area contributed by atoms with Crippen molar-refractivity contribution in [3.05, 3.63) is 53.6 Å². The molecular weight excluding hydrogens is 408 g/mol. The summed E-state index contributed by atoms with van der Waals surface area (Å²) < 4.78 is 7.16. The first-order chi connectivity index (χ1) is 14.0. The molecule has 1 unspecified atom stereocenters. The van der Waals surface area contributed by atoms with Crippen LogP contribution in [0.4, 0.5) is 0 Å². The maximum absolute atomic E-state index is 12.2. The zero-order valence-electron chi connectivity index (χ0n) is 16.6. The van der Waals surface area contributed by atoms with Gasteiger partial charge in [-0.3, -0.25) is 9.36 Å². The minimum Gasteiger partial charge on any atom is -0.497 e. The van der Waals surface area contributed by atoms with Crippen molar-refractivity contribution < 1.29 is 9.53 Å². The van der Waals surface area contributed by atoms with Gasteiger partial charge < -0.3 is 10.1 Å². The number of ether oxygens (including phenoxy) is 1. The number of methoxy groups -OCH3 is 1. The van der Waals surface area contributed by atoms with Crippen LogP contribution in [0.15, 0.2) is 53.7 Å². The normalized spacial score (nSPS) is 11.9. The van der Waals surface area contributed by atoms with Gasteiger partial charge in [-0.25, -0.2) is 0 Å². The van der Waals surface area contributed by atoms with E-state index in [2.05, 4.69) is 15.5 Å². The highest BCUT2D eigenvalue weighted by atomic mass is 35.5. The van der Waals surface area contributed by atoms with Crippen molar-refractivity contribution in [3.63, 3.8) is 0 Å². The Labute approximate surface area is 179 Å². The topological polar surface area (TPSA) is 69.0 Å². The average molecular weight is 431 g/mol. The molecule has 0 spiro atoms. The summed E-state index contributed by atoms with van der Waals surface area (Å²) in [5.41, 5.74) is 1.63. The Hall–Kier alpha value is -2.51. The number of amides is 1. The molecule has 0 radical (unpaired) electrons. The van der Waals surface area contributed by atoms with Crippen LogP contribution in [0, 0.1) is 0 Å². The molecule has 0 bridgehead atoms. The zero-order valence-corrected chi connectivity index (χ0v) is 18.1. The first-order valence-electron chi connectivity index (χ1n) is 9.30. The lowest BCUT2D eigenvalue weighted by atomic mass is 10.2. The van der Waals surface area contributed by atoms with Gasteiger partial charge in [-0.1, -0.05) is 42.4 Å². The Kier molecular flexibility index (Phi) is 7.17. The van der Waals surface area contributed by atoms with Crippen molar-refractivity contribution in [1.82, 2.24) is 20.1 Å². The summed E-state index contributed by atoms with van der Waals surface area (Å²) in [5.74, 6) is 1.59. The van der Waals surface area contributed by atoms with E-state index in [9.17, 15) is 4.79 Å². The number of carbonyl (C=O) groups is 1. The number of hydrogen-bond donors (Lipinski definition) is 1. The van der Waals surface area contributed by atoms with Crippen LogP contribution in [0.5, 0.6) is 5.75 Å². The van der Waals surface area contributed by atoms with Crippen molar-refractivity contribution in [2.45, 2.75) is 31.5 Å². The fourth-order valence-electron chi connectivity index (χ4n) is 2.69. The monoisotopic (exact) mass is 430 g/mol. The third kappa shape index (κ3) is 5.10. The molecular formula is C21H23ClN4O2S. The highest BCUT2D eigenvalue weighted by molar-refractivity contribution is 7.99. The van der Waals surface area contributed by atoms with Gasteiger partial charge in [0.1, 0.15) is 5.75 Å². The summed E-state index contributed by atoms with van der Waals surface area (Å²) in [6, 6.07) is 15.2. The SMILES string of the molecule is CCC(C)NC(=O)CSc1nnc(-c2ccccc2Cl)n1-c1ccc(OC)cc1. The summed E-state index contributed by atoms with van der Waals surface area (Å²) in [4.78, 5) is 12.2. The van der Waals surface area contributed by atoms with E-state index in [-0.39, 0.29) is 17.7 Å². The van der Waals surface area contributed by atoms with Crippen LogP contribution in [0.25, 0.3) is 17.1 Å². The van der Waals surface area contributed by atoms with Gasteiger partial charge in [0.2, 0.25) is 5.91 Å². The molecule has 8 heteroatoms. The Morgan fingerprint density at radius 1 is 1.21 bits per heavy atom. The highest BCUT2D eigenvalue weighted by Gasteiger charge is 2.19. The summed E-state index contributed by atoms with van der Waals surface area (Å²) >= 11 is 7.74. The molecule has 29 heavy (non-hydrogen) atoms. The molecule has 2 aromatic carbocycles. The van der Waals surface area contributed by atoms with E-state index in [4.69, 9.17) is 16.3 Å². The van der Waals surface area contributed by atoms with Gasteiger partial charge in [0.15, 0.2) is 11.0 Å². The molecule has 0 saturated carbocycles. The molecule has 3 rings (SSSR count). The second kappa shape index (κ2) is 9.80. The molecule has 1 N–H and O–H groups in total. The first kappa shape index (κ1) is 21.2. The van der Waals surface area contributed by atoms with Crippen molar-refractivity contribution in [2.24, 2.45) is 0 Å². The number of halogens is 1. The van der Waals surface area contributed by atoms with Gasteiger partial charge in [-0.05, 0) is 49.7 Å². The lowest BCUT2D eigenvalue weighted by Gasteiger charge is -2.13. The molecule has 3 aromatic rings. The lowest BCUT2D eigenvalue weighted by Crippen LogP contribution is -2.33. The van der Waals surface area contributed by atoms with E-state index in [1.165, 1.54) is 11.8 Å². The van der Waals surface area contributed by atoms with E-state index in [1.807, 2.05) is 66.9 Å². The van der Waals surface area contributed by atoms with Crippen LogP contribution in [0.3, 0.4) is 0 Å². The number of rotatable bonds is 8. The third-order valence-electron chi connectivity index (χ3n) is 4.43. The van der Waals surface area contributed by atoms with E-state index >= 15 is 0 Å². The molecule has 6 nitrogen and oxygen atoms in total. The van der Waals surface area contributed by atoms with Gasteiger partial charge in [0, 0.05) is 17.3 Å². The van der Waals surface area contributed by atoms with Gasteiger partial charge >= 0.3 is 0 Å². The van der Waals surface area contributed by atoms with Gasteiger partial charge in [-0.2, -0.15) is 0 Å². The molecule has 0 saturated heterocycles. The largest absolute Gasteiger partial charge is 0.497 e. The van der Waals surface area contributed by atoms with Crippen LogP contribution >= 0.6 is 23.4 Å². The molecule has 1 heterocycles. The van der Waals surface area contributed by atoms with Crippen LogP contribution in [0.1, 0.15) is 20.3 Å². The number of nitrogens with zero attached hydrogens (tertiary/aromatic N) is 3. The van der Waals surface area contributed by atoms with Crippen molar-refractivity contribution in [3.8, 4) is 22.8 Å². The van der Waals surface area contributed by atoms with Crippen molar-refractivity contribution in [1.29, 1.82) is 0 Å². The minimum atomic E-state index is -0.0343. The Morgan fingerprint density at radius 3 is 2.59 bits per heavy atom. The van der Waals surface area contributed by atoms with E-state index in [1.54, 1.807) is 7.11 Å². The molecule has 0 aliphatic rings. The van der Waals surface area contributed by atoms with E-state index in [0.717, 1.165) is 23.4 Å². The molecule has 1 atom stereocenters. The van der Waals surface area contributed by atoms with Crippen molar-refractivity contribution in [2.75, 3.05) is 12.9 Å². The van der Waals surface area contributed by atoms with Crippen LogP contribution in [-0.4, -0.2) is 39.6 Å². The minimum absolute atomic E-state index is 0.0343. The summed E-state index contributed by atoms with van der Waals surface area (Å²) in [7, 11) is 1.63. The number of carbonyl (C=O) groups excluding carboxylic acids is 1. The molecule has 0 aliphatic heterocycles. The molecule has 0 aliphatic carbocycles. The summed E-state index contributed by atoms with van der Waals surface area (Å²) in [5, 5.41) is 12.9. The van der Waals surface area contributed by atoms with Gasteiger partial charge in [0.25, 0.3) is 0 Å². The van der Waals surface area contributed by atoms with Gasteiger partial charge in [0.05, 0.1) is 17.9 Å². The molecule has 1 amide bonds. The number of hydrogen-bond acceptors (Lipinski definition) is 5. The Bertz CT molecular complexity index is 975. The number of benzene rings is 2. The lowest BCUT2D eigenvalue weighted by molar-refractivity contribution is -0.119. The number of thioether (sulfide) groups is 1. The average Bonchev–Trinajstić information content (AvgIpc) is 3.16. The molecule has 0 fully saturated rings. The van der Waals surface area contributed by atoms with Crippen LogP contribution in [0.2, 0.25) is 5.02 Å². The molecule has 152 valence electrons. The third-order valence-corrected chi connectivity index (χ3v) is 5.69. The molecule has 1 aromatic heterocycles. The van der Waals surface area contributed by atoms with E-state index < -0.39 is 0 Å². The standard InChI is InChI=1S/C21H23ClN4O2S/c1-4-14(2)23-19(27)13-29-21-25-24-20(17-7-5-6-8-18(17)22)26(21)15-9-11-16(28-3)12-10-15/h5-12,14H,4,13H2,1-3H3,(H,23,27). The number of nitrogens with one attached hydrogen (secondary N) is 1. The second-order valence-electron chi connectivity index (χ2n) is 6.48. The smallest absolute Gasteiger partial charge is 0.230 e. The first-order valence-corrected chi connectivity index (χ1v) is 10.7. The number of aromatic nitrogens is 3. The maximum Gasteiger partial charge on any atom is 0.230 e. The van der Waals surface area contributed by atoms with Crippen molar-refractivity contribution >= 4 is 29.3 Å². The predicted molar refractivity (Wildman–Crippen MR) is 117 cm³/mol. The highest BCUT2D eigenvalue weighted by Crippen LogP contribution is 2.32. The Morgan fingerprint density at radius 2 is 1.93 bits per heavy atom. The fourth-order valence-corrected chi connectivity index (χ4v) is 3.68. The maximum atomic E-state index is 12.2. The van der Waals surface area contributed by atoms with Crippen LogP contribution in [-0.2, 0) is 4.79 Å².